The number of nitrogens with one attached hydrogen (secondary N) is 1. The van der Waals surface area contributed by atoms with Crippen LogP contribution in [0.25, 0.3) is 0 Å². The van der Waals surface area contributed by atoms with Crippen LogP contribution in [0.4, 0.5) is 5.82 Å². The van der Waals surface area contributed by atoms with Crippen LogP contribution in [-0.2, 0) is 4.79 Å². The van der Waals surface area contributed by atoms with E-state index in [9.17, 15) is 4.79 Å². The molecule has 92 valence electrons. The Bertz CT molecular complexity index is 511. The maximum Gasteiger partial charge on any atom is 0.235 e. The van der Waals surface area contributed by atoms with Crippen molar-refractivity contribution in [2.45, 2.75) is 11.8 Å². The first-order chi connectivity index (χ1) is 8.74. The van der Waals surface area contributed by atoms with Gasteiger partial charge in [0.2, 0.25) is 5.91 Å². The molecule has 2 rings (SSSR count). The molecular formula is C14H14N2OS. The van der Waals surface area contributed by atoms with Gasteiger partial charge in [0, 0.05) is 11.1 Å². The number of aromatic nitrogens is 1. The highest BCUT2D eigenvalue weighted by Crippen LogP contribution is 2.17. The predicted octanol–water partition coefficient (Wildman–Crippen LogP) is 3.12. The third kappa shape index (κ3) is 3.89. The molecule has 0 aliphatic heterocycles. The first kappa shape index (κ1) is 12.6. The van der Waals surface area contributed by atoms with E-state index in [1.807, 2.05) is 43.3 Å². The smallest absolute Gasteiger partial charge is 0.235 e. The molecule has 0 aliphatic carbocycles. The Morgan fingerprint density at radius 3 is 2.67 bits per heavy atom. The Morgan fingerprint density at radius 1 is 1.22 bits per heavy atom. The van der Waals surface area contributed by atoms with E-state index in [0.29, 0.717) is 11.6 Å². The number of aryl methyl sites for hydroxylation is 1. The monoisotopic (exact) mass is 258 g/mol. The second kappa shape index (κ2) is 6.21. The molecule has 0 radical (unpaired) electrons. The molecule has 1 aromatic carbocycles. The average molecular weight is 258 g/mol. The summed E-state index contributed by atoms with van der Waals surface area (Å²) in [6, 6.07) is 13.6. The number of amides is 1. The van der Waals surface area contributed by atoms with Gasteiger partial charge in [-0.1, -0.05) is 24.3 Å². The summed E-state index contributed by atoms with van der Waals surface area (Å²) in [4.78, 5) is 16.9. The van der Waals surface area contributed by atoms with Gasteiger partial charge in [-0.25, -0.2) is 4.98 Å². The second-order valence-electron chi connectivity index (χ2n) is 3.87. The first-order valence-electron chi connectivity index (χ1n) is 5.64. The number of carbonyl (C=O) groups is 1. The maximum absolute atomic E-state index is 11.7. The number of nitrogens with zero attached hydrogens (tertiary/aromatic N) is 1. The van der Waals surface area contributed by atoms with E-state index in [-0.39, 0.29) is 5.91 Å². The van der Waals surface area contributed by atoms with Crippen LogP contribution in [-0.4, -0.2) is 16.6 Å². The molecule has 0 spiro atoms. The summed E-state index contributed by atoms with van der Waals surface area (Å²) in [5.41, 5.74) is 1.08. The quantitative estimate of drug-likeness (QED) is 0.857. The van der Waals surface area contributed by atoms with Gasteiger partial charge < -0.3 is 5.32 Å². The fraction of sp³-hybridized carbons (Fsp3) is 0.143. The summed E-state index contributed by atoms with van der Waals surface area (Å²) in [6.07, 6.45) is 1.74. The van der Waals surface area contributed by atoms with Crippen LogP contribution in [0.2, 0.25) is 0 Å². The van der Waals surface area contributed by atoms with Crippen LogP contribution >= 0.6 is 11.8 Å². The summed E-state index contributed by atoms with van der Waals surface area (Å²) >= 11 is 1.51. The van der Waals surface area contributed by atoms with E-state index in [1.54, 1.807) is 12.3 Å². The number of hydrogen-bond acceptors (Lipinski definition) is 3. The molecule has 0 bridgehead atoms. The average Bonchev–Trinajstić information content (AvgIpc) is 2.40. The predicted molar refractivity (Wildman–Crippen MR) is 74.8 cm³/mol. The number of thioether (sulfide) groups is 1. The Kier molecular flexibility index (Phi) is 4.36. The zero-order valence-corrected chi connectivity index (χ0v) is 10.9. The highest BCUT2D eigenvalue weighted by Gasteiger charge is 2.03. The van der Waals surface area contributed by atoms with Crippen LogP contribution in [0.3, 0.4) is 0 Å². The number of carbonyl (C=O) groups excluding carboxylic acids is 1. The van der Waals surface area contributed by atoms with Gasteiger partial charge in [-0.05, 0) is 30.7 Å². The Hall–Kier alpha value is -1.81. The molecule has 4 heteroatoms. The number of benzene rings is 1. The molecule has 0 unspecified atom stereocenters. The van der Waals surface area contributed by atoms with Gasteiger partial charge in [0.1, 0.15) is 5.82 Å². The third-order valence-corrected chi connectivity index (χ3v) is 3.30. The van der Waals surface area contributed by atoms with E-state index < -0.39 is 0 Å². The van der Waals surface area contributed by atoms with E-state index in [4.69, 9.17) is 0 Å². The van der Waals surface area contributed by atoms with Gasteiger partial charge in [-0.3, -0.25) is 4.79 Å². The molecule has 1 amide bonds. The van der Waals surface area contributed by atoms with Crippen molar-refractivity contribution in [3.05, 3.63) is 54.2 Å². The molecule has 0 saturated carbocycles. The molecule has 1 heterocycles. The van der Waals surface area contributed by atoms with Crippen molar-refractivity contribution in [1.29, 1.82) is 0 Å². The lowest BCUT2D eigenvalue weighted by atomic mass is 10.3. The summed E-state index contributed by atoms with van der Waals surface area (Å²) < 4.78 is 0. The minimum Gasteiger partial charge on any atom is -0.310 e. The lowest BCUT2D eigenvalue weighted by Crippen LogP contribution is -2.14. The van der Waals surface area contributed by atoms with Gasteiger partial charge in [-0.2, -0.15) is 0 Å². The van der Waals surface area contributed by atoms with Gasteiger partial charge in [-0.15, -0.1) is 11.8 Å². The summed E-state index contributed by atoms with van der Waals surface area (Å²) in [5.74, 6) is 0.944. The number of pyridine rings is 1. The highest BCUT2D eigenvalue weighted by atomic mass is 32.2. The van der Waals surface area contributed by atoms with Crippen LogP contribution < -0.4 is 5.32 Å². The SMILES string of the molecule is Cc1ccc(NC(=O)CSc2ccccc2)nc1. The maximum atomic E-state index is 11.7. The van der Waals surface area contributed by atoms with Crippen molar-refractivity contribution in [3.8, 4) is 0 Å². The molecule has 3 nitrogen and oxygen atoms in total. The van der Waals surface area contributed by atoms with Crippen LogP contribution in [0.1, 0.15) is 5.56 Å². The van der Waals surface area contributed by atoms with E-state index in [1.165, 1.54) is 11.8 Å². The molecule has 18 heavy (non-hydrogen) atoms. The normalized spacial score (nSPS) is 10.1. The van der Waals surface area contributed by atoms with E-state index in [2.05, 4.69) is 10.3 Å². The van der Waals surface area contributed by atoms with Crippen LogP contribution in [0.5, 0.6) is 0 Å². The van der Waals surface area contributed by atoms with E-state index in [0.717, 1.165) is 10.5 Å². The van der Waals surface area contributed by atoms with Crippen molar-refractivity contribution in [1.82, 2.24) is 4.98 Å². The topological polar surface area (TPSA) is 42.0 Å². The Morgan fingerprint density at radius 2 is 2.00 bits per heavy atom. The van der Waals surface area contributed by atoms with Gasteiger partial charge in [0.25, 0.3) is 0 Å². The Balaban J connectivity index is 1.84. The van der Waals surface area contributed by atoms with E-state index >= 15 is 0 Å². The molecule has 0 saturated heterocycles. The lowest BCUT2D eigenvalue weighted by molar-refractivity contribution is -0.113. The van der Waals surface area contributed by atoms with Crippen molar-refractivity contribution >= 4 is 23.5 Å². The molecule has 0 aliphatic rings. The zero-order chi connectivity index (χ0) is 12.8. The van der Waals surface area contributed by atoms with Crippen LogP contribution in [0.15, 0.2) is 53.6 Å². The van der Waals surface area contributed by atoms with Gasteiger partial charge in [0.15, 0.2) is 0 Å². The van der Waals surface area contributed by atoms with Gasteiger partial charge >= 0.3 is 0 Å². The number of rotatable bonds is 4. The molecule has 2 aromatic rings. The largest absolute Gasteiger partial charge is 0.310 e. The number of hydrogen-bond donors (Lipinski definition) is 1. The zero-order valence-electron chi connectivity index (χ0n) is 10.1. The summed E-state index contributed by atoms with van der Waals surface area (Å²) in [6.45, 7) is 1.96. The molecule has 1 aromatic heterocycles. The van der Waals surface area contributed by atoms with Crippen molar-refractivity contribution < 1.29 is 4.79 Å². The fourth-order valence-electron chi connectivity index (χ4n) is 1.39. The third-order valence-electron chi connectivity index (χ3n) is 2.29. The molecule has 0 atom stereocenters. The minimum atomic E-state index is -0.0415. The van der Waals surface area contributed by atoms with Crippen molar-refractivity contribution in [3.63, 3.8) is 0 Å². The van der Waals surface area contributed by atoms with Gasteiger partial charge in [0.05, 0.1) is 5.75 Å². The summed E-state index contributed by atoms with van der Waals surface area (Å²) in [7, 11) is 0. The van der Waals surface area contributed by atoms with Crippen molar-refractivity contribution in [2.75, 3.05) is 11.1 Å². The van der Waals surface area contributed by atoms with Crippen LogP contribution in [0, 0.1) is 6.92 Å². The Labute approximate surface area is 111 Å². The highest BCUT2D eigenvalue weighted by molar-refractivity contribution is 8.00. The number of anilines is 1. The standard InChI is InChI=1S/C14H14N2OS/c1-11-7-8-13(15-9-11)16-14(17)10-18-12-5-3-2-4-6-12/h2-9H,10H2,1H3,(H,15,16,17). The fourth-order valence-corrected chi connectivity index (χ4v) is 2.11. The molecule has 1 N–H and O–H groups in total. The first-order valence-corrected chi connectivity index (χ1v) is 6.63. The lowest BCUT2D eigenvalue weighted by Gasteiger charge is -2.04. The molecule has 0 fully saturated rings. The summed E-state index contributed by atoms with van der Waals surface area (Å²) in [5, 5.41) is 2.77. The second-order valence-corrected chi connectivity index (χ2v) is 4.92. The molecular weight excluding hydrogens is 244 g/mol. The van der Waals surface area contributed by atoms with Crippen molar-refractivity contribution in [2.24, 2.45) is 0 Å². The minimum absolute atomic E-state index is 0.0415.